The van der Waals surface area contributed by atoms with Crippen LogP contribution in [0.15, 0.2) is 47.4 Å². The highest BCUT2D eigenvalue weighted by molar-refractivity contribution is 7.89. The van der Waals surface area contributed by atoms with Crippen molar-refractivity contribution in [3.63, 3.8) is 0 Å². The van der Waals surface area contributed by atoms with Crippen LogP contribution in [0.2, 0.25) is 0 Å². The SMILES string of the molecule is Cc1cc(C)cc(NC(C)c2ccc(S(N)(=O)=O)cc2)c1. The Morgan fingerprint density at radius 1 is 1.00 bits per heavy atom. The van der Waals surface area contributed by atoms with Crippen molar-refractivity contribution in [2.24, 2.45) is 5.14 Å². The molecule has 0 heterocycles. The lowest BCUT2D eigenvalue weighted by Gasteiger charge is -2.17. The lowest BCUT2D eigenvalue weighted by molar-refractivity contribution is 0.597. The summed E-state index contributed by atoms with van der Waals surface area (Å²) < 4.78 is 22.5. The second-order valence-electron chi connectivity index (χ2n) is 5.36. The first kappa shape index (κ1) is 15.5. The van der Waals surface area contributed by atoms with Gasteiger partial charge in [-0.15, -0.1) is 0 Å². The molecule has 0 aliphatic carbocycles. The Morgan fingerprint density at radius 2 is 1.52 bits per heavy atom. The Balaban J connectivity index is 2.18. The van der Waals surface area contributed by atoms with Crippen LogP contribution >= 0.6 is 0 Å². The summed E-state index contributed by atoms with van der Waals surface area (Å²) in [6, 6.07) is 13.0. The number of benzene rings is 2. The molecular formula is C16H20N2O2S. The summed E-state index contributed by atoms with van der Waals surface area (Å²) >= 11 is 0. The Kier molecular flexibility index (Phi) is 4.34. The van der Waals surface area contributed by atoms with Gasteiger partial charge in [-0.2, -0.15) is 0 Å². The second kappa shape index (κ2) is 5.87. The zero-order chi connectivity index (χ0) is 15.6. The van der Waals surface area contributed by atoms with Gasteiger partial charge in [-0.1, -0.05) is 18.2 Å². The predicted octanol–water partition coefficient (Wildman–Crippen LogP) is 3.12. The fourth-order valence-electron chi connectivity index (χ4n) is 2.34. The van der Waals surface area contributed by atoms with Crippen LogP contribution in [0.25, 0.3) is 0 Å². The molecule has 0 amide bonds. The van der Waals surface area contributed by atoms with Gasteiger partial charge in [0.1, 0.15) is 0 Å². The normalized spacial score (nSPS) is 13.0. The molecule has 0 saturated carbocycles. The van der Waals surface area contributed by atoms with Crippen LogP contribution in [0.3, 0.4) is 0 Å². The lowest BCUT2D eigenvalue weighted by Crippen LogP contribution is -2.12. The maximum Gasteiger partial charge on any atom is 0.238 e. The summed E-state index contributed by atoms with van der Waals surface area (Å²) in [6.07, 6.45) is 0. The summed E-state index contributed by atoms with van der Waals surface area (Å²) in [7, 11) is -3.64. The van der Waals surface area contributed by atoms with Gasteiger partial charge in [-0.25, -0.2) is 13.6 Å². The molecule has 0 radical (unpaired) electrons. The zero-order valence-electron chi connectivity index (χ0n) is 12.4. The molecule has 21 heavy (non-hydrogen) atoms. The van der Waals surface area contributed by atoms with Crippen LogP contribution in [0.4, 0.5) is 5.69 Å². The minimum Gasteiger partial charge on any atom is -0.379 e. The van der Waals surface area contributed by atoms with Gasteiger partial charge in [-0.05, 0) is 61.7 Å². The van der Waals surface area contributed by atoms with Crippen molar-refractivity contribution >= 4 is 15.7 Å². The molecule has 0 aromatic heterocycles. The van der Waals surface area contributed by atoms with Gasteiger partial charge in [0.2, 0.25) is 10.0 Å². The van der Waals surface area contributed by atoms with Gasteiger partial charge in [-0.3, -0.25) is 0 Å². The number of hydrogen-bond acceptors (Lipinski definition) is 3. The molecule has 2 aromatic carbocycles. The monoisotopic (exact) mass is 304 g/mol. The molecule has 1 atom stereocenters. The highest BCUT2D eigenvalue weighted by Gasteiger charge is 2.10. The van der Waals surface area contributed by atoms with Crippen molar-refractivity contribution in [3.05, 3.63) is 59.2 Å². The first-order valence-corrected chi connectivity index (χ1v) is 8.28. The number of sulfonamides is 1. The highest BCUT2D eigenvalue weighted by Crippen LogP contribution is 2.22. The molecule has 2 rings (SSSR count). The minimum absolute atomic E-state index is 0.0701. The maximum atomic E-state index is 11.2. The number of anilines is 1. The van der Waals surface area contributed by atoms with E-state index in [4.69, 9.17) is 5.14 Å². The summed E-state index contributed by atoms with van der Waals surface area (Å²) in [4.78, 5) is 0.129. The number of hydrogen-bond donors (Lipinski definition) is 2. The fraction of sp³-hybridized carbons (Fsp3) is 0.250. The summed E-state index contributed by atoms with van der Waals surface area (Å²) in [5, 5.41) is 8.51. The molecule has 112 valence electrons. The maximum absolute atomic E-state index is 11.2. The average molecular weight is 304 g/mol. The van der Waals surface area contributed by atoms with Crippen molar-refractivity contribution in [2.75, 3.05) is 5.32 Å². The van der Waals surface area contributed by atoms with Crippen molar-refractivity contribution in [3.8, 4) is 0 Å². The third kappa shape index (κ3) is 4.06. The van der Waals surface area contributed by atoms with Gasteiger partial charge in [0.15, 0.2) is 0 Å². The van der Waals surface area contributed by atoms with E-state index in [1.165, 1.54) is 23.3 Å². The molecule has 0 aliphatic heterocycles. The summed E-state index contributed by atoms with van der Waals surface area (Å²) in [6.45, 7) is 6.15. The standard InChI is InChI=1S/C16H20N2O2S/c1-11-8-12(2)10-15(9-11)18-13(3)14-4-6-16(7-5-14)21(17,19)20/h4-10,13,18H,1-3H3,(H2,17,19,20). The largest absolute Gasteiger partial charge is 0.379 e. The van der Waals surface area contributed by atoms with Crippen molar-refractivity contribution < 1.29 is 8.42 Å². The number of aryl methyl sites for hydroxylation is 2. The van der Waals surface area contributed by atoms with Gasteiger partial charge in [0.25, 0.3) is 0 Å². The zero-order valence-corrected chi connectivity index (χ0v) is 13.2. The molecule has 2 aromatic rings. The average Bonchev–Trinajstić information content (AvgIpc) is 2.36. The summed E-state index contributed by atoms with van der Waals surface area (Å²) in [5.74, 6) is 0. The van der Waals surface area contributed by atoms with Crippen LogP contribution in [-0.4, -0.2) is 8.42 Å². The first-order chi connectivity index (χ1) is 9.75. The van der Waals surface area contributed by atoms with Crippen LogP contribution in [0.5, 0.6) is 0 Å². The van der Waals surface area contributed by atoms with Gasteiger partial charge in [0, 0.05) is 11.7 Å². The highest BCUT2D eigenvalue weighted by atomic mass is 32.2. The number of primary sulfonamides is 1. The number of rotatable bonds is 4. The molecule has 0 spiro atoms. The Morgan fingerprint density at radius 3 is 2.00 bits per heavy atom. The van der Waals surface area contributed by atoms with Crippen LogP contribution in [-0.2, 0) is 10.0 Å². The van der Waals surface area contributed by atoms with Gasteiger partial charge >= 0.3 is 0 Å². The van der Waals surface area contributed by atoms with E-state index in [2.05, 4.69) is 37.4 Å². The third-order valence-corrected chi connectivity index (χ3v) is 4.24. The fourth-order valence-corrected chi connectivity index (χ4v) is 2.85. The van der Waals surface area contributed by atoms with Crippen LogP contribution in [0.1, 0.15) is 29.7 Å². The first-order valence-electron chi connectivity index (χ1n) is 6.73. The lowest BCUT2D eigenvalue weighted by atomic mass is 10.1. The van der Waals surface area contributed by atoms with E-state index < -0.39 is 10.0 Å². The van der Waals surface area contributed by atoms with Crippen LogP contribution in [0, 0.1) is 13.8 Å². The molecule has 0 aliphatic rings. The summed E-state index contributed by atoms with van der Waals surface area (Å²) in [5.41, 5.74) is 4.46. The Bertz CT molecular complexity index is 717. The number of nitrogens with two attached hydrogens (primary N) is 1. The topological polar surface area (TPSA) is 72.2 Å². The van der Waals surface area contributed by atoms with E-state index in [1.54, 1.807) is 12.1 Å². The van der Waals surface area contributed by atoms with E-state index in [0.29, 0.717) is 0 Å². The van der Waals surface area contributed by atoms with E-state index in [-0.39, 0.29) is 10.9 Å². The van der Waals surface area contributed by atoms with Crippen molar-refractivity contribution in [1.82, 2.24) is 0 Å². The Labute approximate surface area is 126 Å². The molecule has 1 unspecified atom stereocenters. The Hall–Kier alpha value is -1.85. The molecule has 4 nitrogen and oxygen atoms in total. The van der Waals surface area contributed by atoms with Crippen LogP contribution < -0.4 is 10.5 Å². The molecule has 3 N–H and O–H groups in total. The number of nitrogens with one attached hydrogen (secondary N) is 1. The van der Waals surface area contributed by atoms with E-state index in [9.17, 15) is 8.42 Å². The third-order valence-electron chi connectivity index (χ3n) is 3.31. The van der Waals surface area contributed by atoms with Crippen molar-refractivity contribution in [1.29, 1.82) is 0 Å². The predicted molar refractivity (Wildman–Crippen MR) is 85.8 cm³/mol. The molecule has 5 heteroatoms. The van der Waals surface area contributed by atoms with Crippen molar-refractivity contribution in [2.45, 2.75) is 31.7 Å². The van der Waals surface area contributed by atoms with E-state index in [0.717, 1.165) is 11.3 Å². The van der Waals surface area contributed by atoms with Gasteiger partial charge < -0.3 is 5.32 Å². The van der Waals surface area contributed by atoms with Gasteiger partial charge in [0.05, 0.1) is 4.90 Å². The smallest absolute Gasteiger partial charge is 0.238 e. The molecule has 0 saturated heterocycles. The minimum atomic E-state index is -3.64. The van der Waals surface area contributed by atoms with E-state index >= 15 is 0 Å². The van der Waals surface area contributed by atoms with E-state index in [1.807, 2.05) is 6.92 Å². The molecular weight excluding hydrogens is 284 g/mol. The quantitative estimate of drug-likeness (QED) is 0.911. The molecule has 0 fully saturated rings. The molecule has 0 bridgehead atoms. The second-order valence-corrected chi connectivity index (χ2v) is 6.92.